The number of benzene rings is 1. The molecule has 17 heavy (non-hydrogen) atoms. The number of hydrogen-bond acceptors (Lipinski definition) is 3. The Morgan fingerprint density at radius 1 is 1.41 bits per heavy atom. The minimum Gasteiger partial charge on any atom is -0.508 e. The Balaban J connectivity index is 2.46. The van der Waals surface area contributed by atoms with E-state index < -0.39 is 0 Å². The quantitative estimate of drug-likeness (QED) is 0.848. The van der Waals surface area contributed by atoms with Crippen molar-refractivity contribution in [3.05, 3.63) is 24.3 Å². The number of nitriles is 1. The molecule has 0 heterocycles. The van der Waals surface area contributed by atoms with Crippen molar-refractivity contribution < 1.29 is 5.11 Å². The van der Waals surface area contributed by atoms with E-state index >= 15 is 0 Å². The van der Waals surface area contributed by atoms with Gasteiger partial charge in [-0.2, -0.15) is 5.26 Å². The highest BCUT2D eigenvalue weighted by atomic mass is 16.3. The molecule has 0 bridgehead atoms. The molecule has 0 aromatic heterocycles. The highest BCUT2D eigenvalue weighted by Crippen LogP contribution is 2.23. The molecule has 0 saturated heterocycles. The van der Waals surface area contributed by atoms with E-state index in [0.29, 0.717) is 0 Å². The second-order valence-electron chi connectivity index (χ2n) is 5.04. The summed E-state index contributed by atoms with van der Waals surface area (Å²) < 4.78 is 0. The molecule has 0 aliphatic heterocycles. The molecule has 0 amide bonds. The van der Waals surface area contributed by atoms with Gasteiger partial charge in [0.1, 0.15) is 5.75 Å². The van der Waals surface area contributed by atoms with Crippen molar-refractivity contribution in [2.75, 3.05) is 18.5 Å². The number of phenols is 1. The van der Waals surface area contributed by atoms with Gasteiger partial charge in [0.05, 0.1) is 11.5 Å². The first-order valence-electron chi connectivity index (χ1n) is 5.86. The van der Waals surface area contributed by atoms with E-state index in [0.717, 1.165) is 25.1 Å². The lowest BCUT2D eigenvalue weighted by molar-refractivity contribution is 0.436. The fourth-order valence-electron chi connectivity index (χ4n) is 1.67. The van der Waals surface area contributed by atoms with Crippen molar-refractivity contribution in [1.82, 2.24) is 0 Å². The maximum atomic E-state index is 9.38. The molecule has 3 heteroatoms. The van der Waals surface area contributed by atoms with Crippen molar-refractivity contribution in [3.8, 4) is 11.8 Å². The summed E-state index contributed by atoms with van der Waals surface area (Å²) in [5, 5.41) is 18.3. The Hall–Kier alpha value is -1.69. The van der Waals surface area contributed by atoms with Gasteiger partial charge in [-0.25, -0.2) is 0 Å². The van der Waals surface area contributed by atoms with Crippen LogP contribution in [0, 0.1) is 16.7 Å². The number of nitrogens with zero attached hydrogens (tertiary/aromatic N) is 2. The highest BCUT2D eigenvalue weighted by Gasteiger charge is 2.16. The fourth-order valence-corrected chi connectivity index (χ4v) is 1.67. The van der Waals surface area contributed by atoms with Crippen molar-refractivity contribution in [2.45, 2.75) is 26.7 Å². The molecule has 3 nitrogen and oxygen atoms in total. The maximum absolute atomic E-state index is 9.38. The van der Waals surface area contributed by atoms with E-state index in [1.807, 2.05) is 33.0 Å². The number of hydrogen-bond donors (Lipinski definition) is 1. The summed E-state index contributed by atoms with van der Waals surface area (Å²) in [6.07, 6.45) is 1.85. The number of rotatable bonds is 5. The molecule has 0 spiro atoms. The van der Waals surface area contributed by atoms with Crippen LogP contribution in [0.1, 0.15) is 26.7 Å². The molecular weight excluding hydrogens is 212 g/mol. The van der Waals surface area contributed by atoms with Crippen LogP contribution >= 0.6 is 0 Å². The molecule has 1 N–H and O–H groups in total. The van der Waals surface area contributed by atoms with E-state index in [9.17, 15) is 5.11 Å². The zero-order valence-electron chi connectivity index (χ0n) is 10.8. The summed E-state index contributed by atoms with van der Waals surface area (Å²) in [5.74, 6) is 0.284. The second-order valence-corrected chi connectivity index (χ2v) is 5.04. The third kappa shape index (κ3) is 4.36. The van der Waals surface area contributed by atoms with Gasteiger partial charge in [-0.05, 0) is 38.8 Å². The monoisotopic (exact) mass is 232 g/mol. The Morgan fingerprint density at radius 3 is 2.71 bits per heavy atom. The molecule has 0 saturated carbocycles. The van der Waals surface area contributed by atoms with Crippen LogP contribution < -0.4 is 4.90 Å². The predicted molar refractivity (Wildman–Crippen MR) is 70.0 cm³/mol. The minimum absolute atomic E-state index is 0.250. The lowest BCUT2D eigenvalue weighted by atomic mass is 9.90. The van der Waals surface area contributed by atoms with Crippen LogP contribution in [-0.2, 0) is 0 Å². The fraction of sp³-hybridized carbons (Fsp3) is 0.500. The number of aromatic hydroxyl groups is 1. The molecule has 0 aliphatic carbocycles. The normalized spacial score (nSPS) is 10.9. The lowest BCUT2D eigenvalue weighted by Gasteiger charge is -2.21. The van der Waals surface area contributed by atoms with Gasteiger partial charge in [-0.1, -0.05) is 6.07 Å². The number of anilines is 1. The molecule has 0 atom stereocenters. The van der Waals surface area contributed by atoms with Crippen LogP contribution in [0.5, 0.6) is 5.75 Å². The van der Waals surface area contributed by atoms with Crippen LogP contribution in [0.2, 0.25) is 0 Å². The summed E-state index contributed by atoms with van der Waals surface area (Å²) >= 11 is 0. The average Bonchev–Trinajstić information content (AvgIpc) is 2.28. The lowest BCUT2D eigenvalue weighted by Crippen LogP contribution is -2.20. The van der Waals surface area contributed by atoms with Crippen LogP contribution in [0.4, 0.5) is 5.69 Å². The van der Waals surface area contributed by atoms with Crippen LogP contribution in [-0.4, -0.2) is 18.7 Å². The van der Waals surface area contributed by atoms with E-state index in [2.05, 4.69) is 11.0 Å². The van der Waals surface area contributed by atoms with Gasteiger partial charge in [-0.15, -0.1) is 0 Å². The van der Waals surface area contributed by atoms with Crippen molar-refractivity contribution in [1.29, 1.82) is 5.26 Å². The maximum Gasteiger partial charge on any atom is 0.117 e. The van der Waals surface area contributed by atoms with Gasteiger partial charge in [0.25, 0.3) is 0 Å². The van der Waals surface area contributed by atoms with E-state index in [1.54, 1.807) is 12.1 Å². The van der Waals surface area contributed by atoms with Crippen molar-refractivity contribution in [2.24, 2.45) is 5.41 Å². The molecule has 1 rings (SSSR count). The van der Waals surface area contributed by atoms with Gasteiger partial charge >= 0.3 is 0 Å². The molecule has 1 aromatic carbocycles. The van der Waals surface area contributed by atoms with E-state index in [-0.39, 0.29) is 11.2 Å². The van der Waals surface area contributed by atoms with Crippen LogP contribution in [0.25, 0.3) is 0 Å². The molecular formula is C14H20N2O. The van der Waals surface area contributed by atoms with Crippen molar-refractivity contribution >= 4 is 5.69 Å². The van der Waals surface area contributed by atoms with Gasteiger partial charge in [-0.3, -0.25) is 0 Å². The first-order valence-corrected chi connectivity index (χ1v) is 5.86. The Bertz CT molecular complexity index is 407. The number of phenolic OH excluding ortho intramolecular Hbond substituents is 1. The highest BCUT2D eigenvalue weighted by molar-refractivity contribution is 5.49. The molecule has 1 aromatic rings. The van der Waals surface area contributed by atoms with Gasteiger partial charge < -0.3 is 10.0 Å². The van der Waals surface area contributed by atoms with Crippen LogP contribution in [0.15, 0.2) is 24.3 Å². The smallest absolute Gasteiger partial charge is 0.117 e. The van der Waals surface area contributed by atoms with E-state index in [4.69, 9.17) is 5.26 Å². The third-order valence-electron chi connectivity index (χ3n) is 2.87. The summed E-state index contributed by atoms with van der Waals surface area (Å²) in [5.41, 5.74) is 0.749. The summed E-state index contributed by atoms with van der Waals surface area (Å²) in [4.78, 5) is 2.09. The van der Waals surface area contributed by atoms with E-state index in [1.165, 1.54) is 0 Å². The first kappa shape index (κ1) is 13.4. The molecule has 0 aliphatic rings. The topological polar surface area (TPSA) is 47.3 Å². The Labute approximate surface area is 103 Å². The molecule has 92 valence electrons. The zero-order valence-corrected chi connectivity index (χ0v) is 10.8. The summed E-state index contributed by atoms with van der Waals surface area (Å²) in [7, 11) is 1.99. The summed E-state index contributed by atoms with van der Waals surface area (Å²) in [6.45, 7) is 4.80. The van der Waals surface area contributed by atoms with Gasteiger partial charge in [0, 0.05) is 25.3 Å². The van der Waals surface area contributed by atoms with Crippen LogP contribution in [0.3, 0.4) is 0 Å². The summed E-state index contributed by atoms with van der Waals surface area (Å²) in [6, 6.07) is 9.51. The first-order chi connectivity index (χ1) is 7.94. The SMILES string of the molecule is CN(CCCC(C)(C)C#N)c1cccc(O)c1. The average molecular weight is 232 g/mol. The Morgan fingerprint density at radius 2 is 2.12 bits per heavy atom. The second kappa shape index (κ2) is 5.58. The zero-order chi connectivity index (χ0) is 12.9. The Kier molecular flexibility index (Phi) is 4.39. The molecule has 0 radical (unpaired) electrons. The van der Waals surface area contributed by atoms with Crippen molar-refractivity contribution in [3.63, 3.8) is 0 Å². The largest absolute Gasteiger partial charge is 0.508 e. The minimum atomic E-state index is -0.250. The van der Waals surface area contributed by atoms with Gasteiger partial charge in [0.15, 0.2) is 0 Å². The molecule has 0 unspecified atom stereocenters. The molecule has 0 fully saturated rings. The third-order valence-corrected chi connectivity index (χ3v) is 2.87. The predicted octanol–water partition coefficient (Wildman–Crippen LogP) is 3.16. The van der Waals surface area contributed by atoms with Gasteiger partial charge in [0.2, 0.25) is 0 Å². The standard InChI is InChI=1S/C14H20N2O/c1-14(2,11-15)8-5-9-16(3)12-6-4-7-13(17)10-12/h4,6-7,10,17H,5,8-9H2,1-3H3.